The Morgan fingerprint density at radius 1 is 0.430 bits per heavy atom. The van der Waals surface area contributed by atoms with E-state index in [0.717, 1.165) is 209 Å². The molecule has 20 rings (SSSR count). The molecule has 149 heavy (non-hydrogen) atoms. The van der Waals surface area contributed by atoms with Crippen LogP contribution in [0.25, 0.3) is 22.6 Å². The second-order valence-corrected chi connectivity index (χ2v) is 48.7. The van der Waals surface area contributed by atoms with E-state index in [4.69, 9.17) is 102 Å². The zero-order valence-corrected chi connectivity index (χ0v) is 90.8. The van der Waals surface area contributed by atoms with Gasteiger partial charge in [0.25, 0.3) is 23.6 Å². The molecule has 12 aromatic rings. The smallest absolute Gasteiger partial charge is 0.411 e. The normalized spacial score (nSPS) is 20.8. The summed E-state index contributed by atoms with van der Waals surface area (Å²) in [7, 11) is -13.1. The largest absolute Gasteiger partial charge is 0.453 e. The van der Waals surface area contributed by atoms with E-state index < -0.39 is 43.8 Å². The van der Waals surface area contributed by atoms with E-state index in [9.17, 15) is 63.9 Å². The molecule has 0 saturated carbocycles. The number of nitrogens with zero attached hydrogens (tertiary/aromatic N) is 21. The average Bonchev–Trinajstić information content (AvgIpc) is 1.83. The van der Waals surface area contributed by atoms with Gasteiger partial charge in [-0.3, -0.25) is 43.2 Å². The van der Waals surface area contributed by atoms with Gasteiger partial charge in [0, 0.05) is 183 Å². The number of carbonyl (C=O) groups is 5. The van der Waals surface area contributed by atoms with Crippen molar-refractivity contribution in [1.29, 1.82) is 5.26 Å². The number of hydrogen-bond acceptors (Lipinski definition) is 28. The lowest BCUT2D eigenvalue weighted by molar-refractivity contribution is 0.0599. The van der Waals surface area contributed by atoms with Crippen LogP contribution in [-0.2, 0) is 43.9 Å². The lowest BCUT2D eigenvalue weighted by Crippen LogP contribution is -2.52. The average molecular weight is 2200 g/mol. The molecule has 9 atom stereocenters. The molecule has 49 heteroatoms. The monoisotopic (exact) mass is 2190 g/mol. The maximum absolute atomic E-state index is 13.8. The third-order valence-corrected chi connectivity index (χ3v) is 31.3. The van der Waals surface area contributed by atoms with Crippen LogP contribution in [0.15, 0.2) is 122 Å². The fourth-order valence-corrected chi connectivity index (χ4v) is 23.9. The summed E-state index contributed by atoms with van der Waals surface area (Å²) in [6.07, 6.45) is 22.2. The van der Waals surface area contributed by atoms with Crippen LogP contribution in [0.3, 0.4) is 0 Å². The lowest BCUT2D eigenvalue weighted by Gasteiger charge is -2.40. The maximum Gasteiger partial charge on any atom is 0.411 e. The summed E-state index contributed by atoms with van der Waals surface area (Å²) in [5.41, 5.74) is 17.6. The first-order valence-corrected chi connectivity index (χ1v) is 58.8. The number of methoxy groups -OCH3 is 1. The van der Waals surface area contributed by atoms with Crippen molar-refractivity contribution in [1.82, 2.24) is 78.0 Å². The molecule has 7 N–H and O–H groups in total. The minimum absolute atomic E-state index is 0.0247. The molecule has 8 aliphatic rings. The van der Waals surface area contributed by atoms with Gasteiger partial charge >= 0.3 is 13.7 Å². The van der Waals surface area contributed by atoms with Gasteiger partial charge in [0.05, 0.1) is 130 Å². The van der Waals surface area contributed by atoms with Crippen molar-refractivity contribution in [2.45, 2.75) is 168 Å². The second kappa shape index (κ2) is 44.7. The number of aromatic nitrogens is 12. The van der Waals surface area contributed by atoms with Crippen molar-refractivity contribution < 1.29 is 67.9 Å². The van der Waals surface area contributed by atoms with Gasteiger partial charge in [-0.15, -0.1) is 0 Å². The highest BCUT2D eigenvalue weighted by atomic mass is 35.5. The highest BCUT2D eigenvalue weighted by molar-refractivity contribution is 7.92. The Labute approximate surface area is 884 Å². The molecule has 792 valence electrons. The highest BCUT2D eigenvalue weighted by Gasteiger charge is 2.42. The minimum atomic E-state index is -3.61. The van der Waals surface area contributed by atoms with E-state index in [2.05, 4.69) is 61.0 Å². The summed E-state index contributed by atoms with van der Waals surface area (Å²) < 4.78 is 107. The van der Waals surface area contributed by atoms with Crippen LogP contribution in [0.4, 0.5) is 50.8 Å². The number of nitriles is 1. The van der Waals surface area contributed by atoms with Crippen LogP contribution < -0.4 is 44.8 Å². The van der Waals surface area contributed by atoms with E-state index in [1.807, 2.05) is 79.6 Å². The SMILES string of the molecule is COC(=O)Nc1ccc(Cl)cc1C(=O)N1CCCC[C@H]1c1cc2nc(N3CC[C@H](N)C3)c(C)cn2n1.Cc1cn2nc([C@@H]3CCCCN3C(=O)c3cc(Cl)ccc3NS(C)(=O)=O)cc2nc1N1CC(OP(C)(=O)O)C1.Cc1cn2nc([C@@H]3CCCCN3C(=O)c3cc(Cl)ccc3NS(C)(=O)=O)cc2nc1N1CC[C@H](C)C1.Cc1cn2nc([C@@H]3CCCCN3C(=O)c3cc(Cl)ccc3NS(C)(=O)=O)cc2nc1N1C[C@@H](C)[C@@H](C#N)C1. The second-order valence-electron chi connectivity index (χ2n) is 39.9. The molecule has 8 saturated heterocycles. The number of amides is 5. The first kappa shape index (κ1) is 108. The van der Waals surface area contributed by atoms with Gasteiger partial charge in [0.15, 0.2) is 22.6 Å². The summed E-state index contributed by atoms with van der Waals surface area (Å²) >= 11 is 24.8. The van der Waals surface area contributed by atoms with Crippen molar-refractivity contribution in [3.05, 3.63) is 209 Å². The molecule has 5 amide bonds. The first-order chi connectivity index (χ1) is 70.7. The molecule has 41 nitrogen and oxygen atoms in total. The third kappa shape index (κ3) is 25.3. The van der Waals surface area contributed by atoms with E-state index in [-0.39, 0.29) is 106 Å². The molecule has 0 spiro atoms. The van der Waals surface area contributed by atoms with Crippen molar-refractivity contribution in [2.75, 3.05) is 150 Å². The molecule has 0 bridgehead atoms. The fraction of sp³-hybridized carbons (Fsp3) is 0.460. The molecule has 8 fully saturated rings. The number of nitrogens with two attached hydrogens (primary N) is 1. The number of benzene rings is 4. The Kier molecular flexibility index (Phi) is 32.4. The van der Waals surface area contributed by atoms with E-state index in [0.29, 0.717) is 106 Å². The number of carbonyl (C=O) groups excluding carboxylic acids is 5. The van der Waals surface area contributed by atoms with Gasteiger partial charge in [-0.05, 0) is 202 Å². The molecule has 0 aliphatic carbocycles. The third-order valence-electron chi connectivity index (χ3n) is 27.9. The van der Waals surface area contributed by atoms with E-state index in [1.54, 1.807) is 63.1 Å². The van der Waals surface area contributed by atoms with Crippen molar-refractivity contribution in [3.8, 4) is 6.07 Å². The van der Waals surface area contributed by atoms with Crippen LogP contribution in [0.5, 0.6) is 0 Å². The Balaban J connectivity index is 0.000000135. The van der Waals surface area contributed by atoms with Crippen molar-refractivity contribution in [2.24, 2.45) is 23.5 Å². The Bertz CT molecular complexity index is 7630. The number of likely N-dealkylation sites (tertiary alicyclic amines) is 4. The molecular formula is C100H121Cl4N26O15PS3. The van der Waals surface area contributed by atoms with Gasteiger partial charge in [0.1, 0.15) is 29.4 Å². The highest BCUT2D eigenvalue weighted by Crippen LogP contribution is 2.45. The van der Waals surface area contributed by atoms with Gasteiger partial charge in [0.2, 0.25) is 30.1 Å². The Morgan fingerprint density at radius 3 is 1.03 bits per heavy atom. The number of sulfonamides is 3. The van der Waals surface area contributed by atoms with E-state index >= 15 is 0 Å². The predicted molar refractivity (Wildman–Crippen MR) is 573 cm³/mol. The Morgan fingerprint density at radius 2 is 0.738 bits per heavy atom. The fourth-order valence-electron chi connectivity index (χ4n) is 20.8. The van der Waals surface area contributed by atoms with Crippen LogP contribution >= 0.6 is 54.0 Å². The topological polar surface area (TPSA) is 488 Å². The van der Waals surface area contributed by atoms with Crippen LogP contribution in [0.2, 0.25) is 20.1 Å². The quantitative estimate of drug-likeness (QED) is 0.0364. The first-order valence-electron chi connectivity index (χ1n) is 49.6. The summed E-state index contributed by atoms with van der Waals surface area (Å²) in [6, 6.07) is 27.6. The van der Waals surface area contributed by atoms with Gasteiger partial charge < -0.3 is 59.1 Å². The summed E-state index contributed by atoms with van der Waals surface area (Å²) in [4.78, 5) is 112. The van der Waals surface area contributed by atoms with Gasteiger partial charge in [-0.1, -0.05) is 60.3 Å². The van der Waals surface area contributed by atoms with E-state index in [1.165, 1.54) is 56.2 Å². The number of piperidine rings is 4. The van der Waals surface area contributed by atoms with Crippen molar-refractivity contribution >= 4 is 182 Å². The molecule has 1 unspecified atom stereocenters. The molecular weight excluding hydrogens is 2070 g/mol. The Hall–Kier alpha value is -12.3. The minimum Gasteiger partial charge on any atom is -0.453 e. The zero-order valence-electron chi connectivity index (χ0n) is 84.4. The summed E-state index contributed by atoms with van der Waals surface area (Å²) in [6.45, 7) is 21.6. The predicted octanol–water partition coefficient (Wildman–Crippen LogP) is 15.5. The van der Waals surface area contributed by atoms with Crippen LogP contribution in [0.1, 0.15) is 214 Å². The van der Waals surface area contributed by atoms with Gasteiger partial charge in [-0.25, -0.2) is 68.0 Å². The number of nitrogens with one attached hydrogen (secondary N) is 4. The van der Waals surface area contributed by atoms with Crippen LogP contribution in [0, 0.1) is 56.8 Å². The number of fused-ring (bicyclic) bond motifs is 4. The lowest BCUT2D eigenvalue weighted by atomic mass is 9.98. The molecule has 8 aliphatic heterocycles. The molecule has 0 radical (unpaired) electrons. The summed E-state index contributed by atoms with van der Waals surface area (Å²) in [5.74, 6) is 3.27. The molecule has 8 aromatic heterocycles. The zero-order chi connectivity index (χ0) is 106. The van der Waals surface area contributed by atoms with Crippen molar-refractivity contribution in [3.63, 3.8) is 0 Å². The maximum atomic E-state index is 13.8. The number of halogens is 4. The number of ether oxygens (including phenoxy) is 1. The standard InChI is InChI=1S/C26H30ClN7O3S.C25H30ClN7O3.C25H31ClN6O3S.C24H30ClN6O6PS/c1-16-13-32(15-18(16)12-28)25-17(2)14-34-24(29-25)11-22(30-34)23-6-4-5-9-33(23)26(35)20-10-19(27)7-8-21(20)31-38(3,36)37;1-15-13-33-22(29-23(15)31-10-8-17(27)14-31)12-20(30-33)21-5-3-4-9-32(21)24(34)18-11-16(26)6-7-19(18)28-25(35)36-2;1-16-9-11-30(14-16)24-17(2)15-32-23(27-24)13-21(28-32)22-6-4-5-10-31(22)25(33)19-12-18(26)7-8-20(19)29-36(3,34)35;1-15-12-31-22(26-23(15)29-13-17(14-29)37-38(2,33)34)11-20(27-31)21-6-4-5-9-30(21)24(32)18-10-16(25)7-8-19(18)28-39(3,35)36/h7-8,10-11,14,16,18,23,31H,4-6,9,13,15H2,1-3H3;6-7,11-13,17,21H,3-5,8-10,14,27H2,1-2H3,(H,28,35);7-8,12-13,15-16,22,29H,4-6,9-11,14H2,1-3H3;7-8,10-12,17,21,28H,4-6,9,13-14H2,1-3H3,(H,33,34)/t16-,18+,23+;17-,21-;16-,22-;21-/m1000/s1. The number of hydrogen-bond donors (Lipinski definition) is 6. The molecule has 4 aromatic carbocycles. The van der Waals surface area contributed by atoms with Gasteiger partial charge in [-0.2, -0.15) is 25.7 Å². The van der Waals surface area contributed by atoms with Crippen LogP contribution in [-0.4, -0.2) is 261 Å². The summed E-state index contributed by atoms with van der Waals surface area (Å²) in [5, 5.41) is 32.6. The number of anilines is 8. The number of rotatable bonds is 21. The number of aryl methyl sites for hydroxylation is 4. The molecule has 16 heterocycles.